The predicted octanol–water partition coefficient (Wildman–Crippen LogP) is 5.76. The number of nitrogens with one attached hydrogen (secondary N) is 2. The molecule has 180 valence electrons. The molecule has 4 aromatic rings. The lowest BCUT2D eigenvalue weighted by atomic mass is 10.1. The summed E-state index contributed by atoms with van der Waals surface area (Å²) in [4.78, 5) is 19.3. The van der Waals surface area contributed by atoms with Gasteiger partial charge in [0.25, 0.3) is 5.56 Å². The summed E-state index contributed by atoms with van der Waals surface area (Å²) in [6, 6.07) is 21.7. The van der Waals surface area contributed by atoms with Crippen molar-refractivity contribution in [3.05, 3.63) is 103 Å². The van der Waals surface area contributed by atoms with Gasteiger partial charge in [0.15, 0.2) is 0 Å². The highest BCUT2D eigenvalue weighted by molar-refractivity contribution is 9.10. The van der Waals surface area contributed by atoms with Gasteiger partial charge in [-0.3, -0.25) is 9.78 Å². The number of rotatable bonds is 8. The first-order valence-corrected chi connectivity index (χ1v) is 11.8. The molecule has 0 aliphatic rings. The Morgan fingerprint density at radius 3 is 2.67 bits per heavy atom. The molecule has 8 nitrogen and oxygen atoms in total. The molecule has 0 bridgehead atoms. The van der Waals surface area contributed by atoms with Gasteiger partial charge in [-0.25, -0.2) is 10.4 Å². The van der Waals surface area contributed by atoms with E-state index >= 15 is 0 Å². The van der Waals surface area contributed by atoms with Crippen molar-refractivity contribution >= 4 is 39.7 Å². The summed E-state index contributed by atoms with van der Waals surface area (Å²) in [5.74, 6) is 1.42. The van der Waals surface area contributed by atoms with Crippen LogP contribution in [0.4, 0.5) is 5.95 Å². The molecule has 0 aliphatic carbocycles. The maximum atomic E-state index is 12.4. The number of aromatic nitrogens is 2. The van der Waals surface area contributed by atoms with E-state index in [9.17, 15) is 10.1 Å². The Kier molecular flexibility index (Phi) is 8.00. The number of aromatic amines is 1. The van der Waals surface area contributed by atoms with Gasteiger partial charge in [0.05, 0.1) is 23.5 Å². The fourth-order valence-corrected chi connectivity index (χ4v) is 4.14. The molecule has 10 heteroatoms. The molecule has 0 atom stereocenters. The average molecular weight is 565 g/mol. The summed E-state index contributed by atoms with van der Waals surface area (Å²) in [7, 11) is 1.59. The Morgan fingerprint density at radius 2 is 1.94 bits per heavy atom. The SMILES string of the molecule is COc1ccc(C=NNc2nc(-c3ccccc3)c(C#N)c(=O)[nH]2)cc1COc1ccc(Cl)cc1Br. The number of H-pyrrole nitrogens is 1. The number of methoxy groups -OCH3 is 1. The molecular formula is C26H19BrClN5O3. The van der Waals surface area contributed by atoms with Crippen LogP contribution in [0.5, 0.6) is 11.5 Å². The molecular weight excluding hydrogens is 546 g/mol. The molecule has 0 spiro atoms. The minimum Gasteiger partial charge on any atom is -0.496 e. The second-order valence-corrected chi connectivity index (χ2v) is 8.71. The molecule has 0 saturated heterocycles. The van der Waals surface area contributed by atoms with Crippen molar-refractivity contribution in [2.24, 2.45) is 5.10 Å². The fourth-order valence-electron chi connectivity index (χ4n) is 3.34. The zero-order valence-electron chi connectivity index (χ0n) is 19.0. The third-order valence-electron chi connectivity index (χ3n) is 5.04. The molecule has 0 aliphatic heterocycles. The Hall–Kier alpha value is -4.13. The van der Waals surface area contributed by atoms with E-state index in [1.165, 1.54) is 0 Å². The van der Waals surface area contributed by atoms with Gasteiger partial charge in [-0.05, 0) is 57.9 Å². The molecule has 0 unspecified atom stereocenters. The largest absolute Gasteiger partial charge is 0.496 e. The molecule has 0 amide bonds. The summed E-state index contributed by atoms with van der Waals surface area (Å²) in [5.41, 5.74) is 4.60. The van der Waals surface area contributed by atoms with Crippen LogP contribution >= 0.6 is 27.5 Å². The molecule has 4 rings (SSSR count). The monoisotopic (exact) mass is 563 g/mol. The number of hydrogen-bond donors (Lipinski definition) is 2. The normalized spacial score (nSPS) is 10.7. The van der Waals surface area contributed by atoms with E-state index in [-0.39, 0.29) is 23.8 Å². The van der Waals surface area contributed by atoms with Crippen molar-refractivity contribution in [3.63, 3.8) is 0 Å². The van der Waals surface area contributed by atoms with Crippen LogP contribution in [-0.4, -0.2) is 23.3 Å². The van der Waals surface area contributed by atoms with E-state index in [0.717, 1.165) is 15.6 Å². The second kappa shape index (κ2) is 11.5. The van der Waals surface area contributed by atoms with E-state index in [2.05, 4.69) is 36.4 Å². The van der Waals surface area contributed by atoms with Gasteiger partial charge in [0.2, 0.25) is 5.95 Å². The molecule has 3 aromatic carbocycles. The highest BCUT2D eigenvalue weighted by atomic mass is 79.9. The van der Waals surface area contributed by atoms with Crippen molar-refractivity contribution in [3.8, 4) is 28.8 Å². The van der Waals surface area contributed by atoms with Crippen LogP contribution < -0.4 is 20.5 Å². The number of halogens is 2. The quantitative estimate of drug-likeness (QED) is 0.208. The first-order valence-electron chi connectivity index (χ1n) is 10.6. The van der Waals surface area contributed by atoms with Crippen molar-refractivity contribution in [2.75, 3.05) is 12.5 Å². The number of benzene rings is 3. The first-order chi connectivity index (χ1) is 17.5. The molecule has 1 aromatic heterocycles. The van der Waals surface area contributed by atoms with Crippen LogP contribution in [0.2, 0.25) is 5.02 Å². The average Bonchev–Trinajstić information content (AvgIpc) is 2.88. The summed E-state index contributed by atoms with van der Waals surface area (Å²) >= 11 is 9.44. The van der Waals surface area contributed by atoms with Crippen LogP contribution in [0.25, 0.3) is 11.3 Å². The summed E-state index contributed by atoms with van der Waals surface area (Å²) < 4.78 is 12.1. The highest BCUT2D eigenvalue weighted by Gasteiger charge is 2.13. The lowest BCUT2D eigenvalue weighted by Crippen LogP contribution is -2.16. The summed E-state index contributed by atoms with van der Waals surface area (Å²) in [5, 5.41) is 14.2. The van der Waals surface area contributed by atoms with Crippen LogP contribution in [0, 0.1) is 11.3 Å². The molecule has 1 heterocycles. The van der Waals surface area contributed by atoms with E-state index in [4.69, 9.17) is 21.1 Å². The molecule has 0 saturated carbocycles. The Labute approximate surface area is 220 Å². The third-order valence-corrected chi connectivity index (χ3v) is 5.90. The number of hydrogen-bond acceptors (Lipinski definition) is 7. The van der Waals surface area contributed by atoms with Crippen LogP contribution in [0.15, 0.2) is 81.1 Å². The molecule has 0 fully saturated rings. The Morgan fingerprint density at radius 1 is 1.17 bits per heavy atom. The lowest BCUT2D eigenvalue weighted by molar-refractivity contribution is 0.295. The van der Waals surface area contributed by atoms with Gasteiger partial charge >= 0.3 is 0 Å². The Bertz CT molecular complexity index is 1520. The molecule has 0 radical (unpaired) electrons. The number of nitrogens with zero attached hydrogens (tertiary/aromatic N) is 3. The van der Waals surface area contributed by atoms with Crippen molar-refractivity contribution < 1.29 is 9.47 Å². The summed E-state index contributed by atoms with van der Waals surface area (Å²) in [6.07, 6.45) is 1.57. The summed E-state index contributed by atoms with van der Waals surface area (Å²) in [6.45, 7) is 0.253. The van der Waals surface area contributed by atoms with Gasteiger partial charge in [-0.1, -0.05) is 41.9 Å². The zero-order valence-corrected chi connectivity index (χ0v) is 21.3. The van der Waals surface area contributed by atoms with Gasteiger partial charge in [-0.15, -0.1) is 0 Å². The third kappa shape index (κ3) is 5.92. The smallest absolute Gasteiger partial charge is 0.270 e. The van der Waals surface area contributed by atoms with E-state index in [1.54, 1.807) is 55.8 Å². The van der Waals surface area contributed by atoms with E-state index in [0.29, 0.717) is 22.1 Å². The standard InChI is InChI=1S/C26H19BrClN5O3/c1-35-22-9-7-16(11-18(22)15-36-23-10-8-19(28)12-21(23)27)14-30-33-26-31-24(17-5-3-2-4-6-17)20(13-29)25(34)32-26/h2-12,14H,15H2,1H3,(H2,31,32,33,34). The van der Waals surface area contributed by atoms with Gasteiger partial charge < -0.3 is 9.47 Å². The van der Waals surface area contributed by atoms with Gasteiger partial charge in [0, 0.05) is 16.1 Å². The minimum atomic E-state index is -0.554. The van der Waals surface area contributed by atoms with E-state index < -0.39 is 5.56 Å². The zero-order chi connectivity index (χ0) is 25.5. The van der Waals surface area contributed by atoms with Crippen molar-refractivity contribution in [1.29, 1.82) is 5.26 Å². The minimum absolute atomic E-state index is 0.0668. The number of anilines is 1. The number of ether oxygens (including phenoxy) is 2. The van der Waals surface area contributed by atoms with E-state index in [1.807, 2.05) is 30.3 Å². The maximum Gasteiger partial charge on any atom is 0.270 e. The number of nitriles is 1. The second-order valence-electron chi connectivity index (χ2n) is 7.42. The van der Waals surface area contributed by atoms with Gasteiger partial charge in [0.1, 0.15) is 29.7 Å². The number of hydrazone groups is 1. The van der Waals surface area contributed by atoms with Crippen LogP contribution in [0.3, 0.4) is 0 Å². The Balaban J connectivity index is 1.53. The first kappa shape index (κ1) is 25.0. The van der Waals surface area contributed by atoms with Crippen molar-refractivity contribution in [2.45, 2.75) is 6.61 Å². The fraction of sp³-hybridized carbons (Fsp3) is 0.0769. The van der Waals surface area contributed by atoms with Crippen molar-refractivity contribution in [1.82, 2.24) is 9.97 Å². The molecule has 2 N–H and O–H groups in total. The van der Waals surface area contributed by atoms with Gasteiger partial charge in [-0.2, -0.15) is 10.4 Å². The molecule has 36 heavy (non-hydrogen) atoms. The topological polar surface area (TPSA) is 112 Å². The van der Waals surface area contributed by atoms with Crippen LogP contribution in [0.1, 0.15) is 16.7 Å². The lowest BCUT2D eigenvalue weighted by Gasteiger charge is -2.12. The van der Waals surface area contributed by atoms with Crippen LogP contribution in [-0.2, 0) is 6.61 Å². The predicted molar refractivity (Wildman–Crippen MR) is 143 cm³/mol. The highest BCUT2D eigenvalue weighted by Crippen LogP contribution is 2.30. The maximum absolute atomic E-state index is 12.4.